The highest BCUT2D eigenvalue weighted by Crippen LogP contribution is 2.61. The summed E-state index contributed by atoms with van der Waals surface area (Å²) in [7, 11) is 0. The Balaban J connectivity index is 1.42. The van der Waals surface area contributed by atoms with E-state index in [4.69, 9.17) is 9.97 Å². The molecule has 9 aromatic rings. The molecule has 0 atom stereocenters. The van der Waals surface area contributed by atoms with Gasteiger partial charge in [0.05, 0.1) is 33.2 Å². The van der Waals surface area contributed by atoms with Crippen LogP contribution in [0.5, 0.6) is 0 Å². The third-order valence-corrected chi connectivity index (χ3v) is 10.7. The van der Waals surface area contributed by atoms with Gasteiger partial charge in [0.2, 0.25) is 0 Å². The Hall–Kier alpha value is -6.82. The molecule has 218 valence electrons. The summed E-state index contributed by atoms with van der Waals surface area (Å²) in [6.07, 6.45) is 0. The number of para-hydroxylation sites is 2. The van der Waals surface area contributed by atoms with E-state index in [1.54, 1.807) is 0 Å². The van der Waals surface area contributed by atoms with Gasteiger partial charge in [0.15, 0.2) is 11.4 Å². The van der Waals surface area contributed by atoms with Gasteiger partial charge in [0.1, 0.15) is 12.1 Å². The second-order valence-corrected chi connectivity index (χ2v) is 12.7. The van der Waals surface area contributed by atoms with Gasteiger partial charge in [0.25, 0.3) is 0 Å². The second-order valence-electron chi connectivity index (χ2n) is 12.7. The van der Waals surface area contributed by atoms with Crippen molar-refractivity contribution in [1.82, 2.24) is 14.5 Å². The zero-order chi connectivity index (χ0) is 31.7. The maximum absolute atomic E-state index is 10.0. The van der Waals surface area contributed by atoms with Crippen molar-refractivity contribution in [2.45, 2.75) is 5.41 Å². The van der Waals surface area contributed by atoms with E-state index in [1.165, 1.54) is 33.4 Å². The lowest BCUT2D eigenvalue weighted by Gasteiger charge is -2.39. The van der Waals surface area contributed by atoms with E-state index < -0.39 is 5.41 Å². The molecule has 0 unspecified atom stereocenters. The molecule has 0 saturated heterocycles. The number of rotatable bonds is 0. The van der Waals surface area contributed by atoms with Gasteiger partial charge in [0, 0.05) is 21.5 Å². The van der Waals surface area contributed by atoms with Gasteiger partial charge in [-0.1, -0.05) is 115 Å². The zero-order valence-electron chi connectivity index (χ0n) is 25.4. The summed E-state index contributed by atoms with van der Waals surface area (Å²) in [5.74, 6) is 0. The Morgan fingerprint density at radius 1 is 0.479 bits per heavy atom. The predicted molar refractivity (Wildman–Crippen MR) is 189 cm³/mol. The summed E-state index contributed by atoms with van der Waals surface area (Å²) in [5.41, 5.74) is 11.8. The molecule has 1 aliphatic carbocycles. The smallest absolute Gasteiger partial charge is 0.177 e. The average molecular weight is 608 g/mol. The molecule has 0 radical (unpaired) electrons. The summed E-state index contributed by atoms with van der Waals surface area (Å²) >= 11 is 0. The van der Waals surface area contributed by atoms with Crippen molar-refractivity contribution in [3.63, 3.8) is 0 Å². The van der Waals surface area contributed by atoms with Crippen LogP contribution in [0.15, 0.2) is 127 Å². The highest BCUT2D eigenvalue weighted by molar-refractivity contribution is 6.34. The molecule has 2 aliphatic rings. The van der Waals surface area contributed by atoms with Crippen LogP contribution in [-0.2, 0) is 5.41 Å². The second kappa shape index (κ2) is 8.70. The van der Waals surface area contributed by atoms with Gasteiger partial charge in [-0.3, -0.25) is 0 Å². The molecule has 0 N–H and O–H groups in total. The number of aromatic nitrogens is 3. The minimum absolute atomic E-state index is 0.0378. The summed E-state index contributed by atoms with van der Waals surface area (Å²) in [6, 6.07) is 50.0. The average Bonchev–Trinajstić information content (AvgIpc) is 3.65. The van der Waals surface area contributed by atoms with Crippen molar-refractivity contribution >= 4 is 54.4 Å². The first-order valence-electron chi connectivity index (χ1n) is 16.0. The fourth-order valence-electron chi connectivity index (χ4n) is 9.00. The minimum Gasteiger partial charge on any atom is -0.309 e. The fourth-order valence-corrected chi connectivity index (χ4v) is 9.00. The zero-order valence-corrected chi connectivity index (χ0v) is 25.4. The lowest BCUT2D eigenvalue weighted by molar-refractivity contribution is 0.748. The number of benzene rings is 7. The van der Waals surface area contributed by atoms with E-state index in [2.05, 4.69) is 126 Å². The van der Waals surface area contributed by atoms with Gasteiger partial charge >= 0.3 is 0 Å². The van der Waals surface area contributed by atoms with Gasteiger partial charge < -0.3 is 4.57 Å². The van der Waals surface area contributed by atoms with E-state index in [1.807, 2.05) is 18.2 Å². The Kier molecular flexibility index (Phi) is 4.60. The molecule has 0 bridgehead atoms. The summed E-state index contributed by atoms with van der Waals surface area (Å²) in [4.78, 5) is 9.67. The van der Waals surface area contributed by atoms with Crippen LogP contribution in [0.25, 0.3) is 71.2 Å². The lowest BCUT2D eigenvalue weighted by Crippen LogP contribution is -2.33. The Morgan fingerprint density at radius 2 is 1.06 bits per heavy atom. The number of nitriles is 2. The standard InChI is InChI=1S/C43H21N5/c44-22-34-35(23-45)47-41-39-27(24-10-1-2-13-28(24)40(41)46-34)20-21-37-38(39)29-14-9-18-33-42(29)48(37)36-19-8-7-17-32(36)43(33)30-15-5-3-11-25(30)26-12-4-6-16-31(26)43/h1-21H. The van der Waals surface area contributed by atoms with Crippen molar-refractivity contribution in [3.8, 4) is 29.0 Å². The largest absolute Gasteiger partial charge is 0.309 e. The normalized spacial score (nSPS) is 13.5. The molecular formula is C43H21N5. The molecule has 0 fully saturated rings. The predicted octanol–water partition coefficient (Wildman–Crippen LogP) is 9.45. The molecule has 3 heterocycles. The van der Waals surface area contributed by atoms with Crippen molar-refractivity contribution in [1.29, 1.82) is 10.5 Å². The third kappa shape index (κ3) is 2.75. The van der Waals surface area contributed by atoms with Gasteiger partial charge in [-0.05, 0) is 56.3 Å². The van der Waals surface area contributed by atoms with Crippen LogP contribution in [0.4, 0.5) is 0 Å². The van der Waals surface area contributed by atoms with E-state index in [-0.39, 0.29) is 11.4 Å². The van der Waals surface area contributed by atoms with Crippen molar-refractivity contribution in [3.05, 3.63) is 161 Å². The van der Waals surface area contributed by atoms with Crippen LogP contribution in [-0.4, -0.2) is 14.5 Å². The quantitative estimate of drug-likeness (QED) is 0.161. The first kappa shape index (κ1) is 25.4. The summed E-state index contributed by atoms with van der Waals surface area (Å²) in [6.45, 7) is 0. The molecule has 0 amide bonds. The Morgan fingerprint density at radius 3 is 1.79 bits per heavy atom. The van der Waals surface area contributed by atoms with E-state index in [0.717, 1.165) is 49.0 Å². The third-order valence-electron chi connectivity index (χ3n) is 10.7. The SMILES string of the molecule is N#Cc1nc2c3ccccc3c3ccc4c(c5cccc6c5n4-c4ccccc4C64c5ccccc5-c5ccccc54)c3c2nc1C#N. The first-order valence-corrected chi connectivity index (χ1v) is 16.0. The van der Waals surface area contributed by atoms with Crippen LogP contribution >= 0.6 is 0 Å². The maximum atomic E-state index is 10.0. The molecule has 7 aromatic carbocycles. The van der Waals surface area contributed by atoms with E-state index in [0.29, 0.717) is 11.0 Å². The molecule has 1 spiro atoms. The monoisotopic (exact) mass is 607 g/mol. The fraction of sp³-hybridized carbons (Fsp3) is 0.0233. The molecule has 5 heteroatoms. The van der Waals surface area contributed by atoms with Crippen molar-refractivity contribution in [2.75, 3.05) is 0 Å². The minimum atomic E-state index is -0.506. The van der Waals surface area contributed by atoms with E-state index >= 15 is 0 Å². The number of nitrogens with zero attached hydrogens (tertiary/aromatic N) is 5. The van der Waals surface area contributed by atoms with Crippen LogP contribution in [0.3, 0.4) is 0 Å². The van der Waals surface area contributed by atoms with Crippen molar-refractivity contribution in [2.24, 2.45) is 0 Å². The lowest BCUT2D eigenvalue weighted by atomic mass is 9.65. The highest BCUT2D eigenvalue weighted by Gasteiger charge is 2.50. The molecule has 11 rings (SSSR count). The van der Waals surface area contributed by atoms with E-state index in [9.17, 15) is 10.5 Å². The molecule has 2 aromatic heterocycles. The molecule has 5 nitrogen and oxygen atoms in total. The molecule has 1 aliphatic heterocycles. The first-order chi connectivity index (χ1) is 23.8. The highest BCUT2D eigenvalue weighted by atomic mass is 15.0. The van der Waals surface area contributed by atoms with Crippen LogP contribution in [0.1, 0.15) is 33.6 Å². The Labute approximate surface area is 274 Å². The van der Waals surface area contributed by atoms with Gasteiger partial charge in [-0.25, -0.2) is 9.97 Å². The summed E-state index contributed by atoms with van der Waals surface area (Å²) < 4.78 is 2.42. The number of fused-ring (bicyclic) bond motifs is 19. The summed E-state index contributed by atoms with van der Waals surface area (Å²) in [5, 5.41) is 26.1. The van der Waals surface area contributed by atoms with Crippen LogP contribution < -0.4 is 0 Å². The van der Waals surface area contributed by atoms with Crippen molar-refractivity contribution < 1.29 is 0 Å². The van der Waals surface area contributed by atoms with Crippen LogP contribution in [0, 0.1) is 22.7 Å². The topological polar surface area (TPSA) is 78.3 Å². The Bertz CT molecular complexity index is 3000. The molecule has 48 heavy (non-hydrogen) atoms. The van der Waals surface area contributed by atoms with Crippen LogP contribution in [0.2, 0.25) is 0 Å². The van der Waals surface area contributed by atoms with Gasteiger partial charge in [-0.2, -0.15) is 10.5 Å². The van der Waals surface area contributed by atoms with Gasteiger partial charge in [-0.15, -0.1) is 0 Å². The molecular weight excluding hydrogens is 587 g/mol. The molecule has 0 saturated carbocycles. The number of hydrogen-bond donors (Lipinski definition) is 0. The maximum Gasteiger partial charge on any atom is 0.177 e. The number of hydrogen-bond acceptors (Lipinski definition) is 4.